The maximum absolute atomic E-state index is 5.18. The van der Waals surface area contributed by atoms with Gasteiger partial charge in [-0.25, -0.2) is 14.6 Å². The Bertz CT molecular complexity index is 844. The standard InChI is InChI=1S/C17H19N5OS/c1-4-9-22-16-14(11-19-22)15(20-17(21-16)24-3)18-10-12-5-7-13(23-2)8-6-12/h4-8,11H,1,9-10H2,2-3H3,(H,18,20,21). The second-order valence-electron chi connectivity index (χ2n) is 5.11. The highest BCUT2D eigenvalue weighted by atomic mass is 32.2. The molecular weight excluding hydrogens is 322 g/mol. The van der Waals surface area contributed by atoms with Gasteiger partial charge in [0.2, 0.25) is 0 Å². The number of thioether (sulfide) groups is 1. The van der Waals surface area contributed by atoms with Crippen LogP contribution in [0.4, 0.5) is 5.82 Å². The van der Waals surface area contributed by atoms with Crippen molar-refractivity contribution in [3.8, 4) is 5.75 Å². The Hall–Kier alpha value is -2.54. The van der Waals surface area contributed by atoms with Gasteiger partial charge in [0.25, 0.3) is 0 Å². The third-order valence-corrected chi connectivity index (χ3v) is 4.13. The summed E-state index contributed by atoms with van der Waals surface area (Å²) in [4.78, 5) is 9.14. The van der Waals surface area contributed by atoms with Crippen molar-refractivity contribution in [2.45, 2.75) is 18.2 Å². The average molecular weight is 341 g/mol. The van der Waals surface area contributed by atoms with E-state index in [2.05, 4.69) is 27.0 Å². The number of rotatable bonds is 7. The lowest BCUT2D eigenvalue weighted by Crippen LogP contribution is -2.05. The van der Waals surface area contributed by atoms with Crippen LogP contribution in [-0.2, 0) is 13.1 Å². The molecule has 1 aromatic carbocycles. The SMILES string of the molecule is C=CCn1ncc2c(NCc3ccc(OC)cc3)nc(SC)nc21. The predicted molar refractivity (Wildman–Crippen MR) is 97.6 cm³/mol. The zero-order chi connectivity index (χ0) is 16.9. The monoisotopic (exact) mass is 341 g/mol. The van der Waals surface area contributed by atoms with Crippen molar-refractivity contribution in [1.29, 1.82) is 0 Å². The lowest BCUT2D eigenvalue weighted by atomic mass is 10.2. The first-order valence-corrected chi connectivity index (χ1v) is 8.73. The van der Waals surface area contributed by atoms with E-state index in [-0.39, 0.29) is 0 Å². The molecule has 1 N–H and O–H groups in total. The van der Waals surface area contributed by atoms with Crippen molar-refractivity contribution in [2.75, 3.05) is 18.7 Å². The lowest BCUT2D eigenvalue weighted by Gasteiger charge is -2.09. The molecule has 0 aliphatic rings. The number of fused-ring (bicyclic) bond motifs is 1. The topological polar surface area (TPSA) is 64.9 Å². The molecule has 0 saturated carbocycles. The summed E-state index contributed by atoms with van der Waals surface area (Å²) in [5.74, 6) is 1.63. The third-order valence-electron chi connectivity index (χ3n) is 3.58. The molecule has 0 saturated heterocycles. The third kappa shape index (κ3) is 3.35. The molecule has 0 fully saturated rings. The Kier molecular flexibility index (Phi) is 5.00. The van der Waals surface area contributed by atoms with Crippen molar-refractivity contribution < 1.29 is 4.74 Å². The van der Waals surface area contributed by atoms with E-state index in [4.69, 9.17) is 4.74 Å². The quantitative estimate of drug-likeness (QED) is 0.404. The second-order valence-corrected chi connectivity index (χ2v) is 5.89. The van der Waals surface area contributed by atoms with Gasteiger partial charge in [-0.15, -0.1) is 6.58 Å². The van der Waals surface area contributed by atoms with Gasteiger partial charge in [-0.1, -0.05) is 30.0 Å². The summed E-state index contributed by atoms with van der Waals surface area (Å²) in [6, 6.07) is 7.95. The molecule has 0 bridgehead atoms. The van der Waals surface area contributed by atoms with Gasteiger partial charge >= 0.3 is 0 Å². The molecule has 3 aromatic rings. The van der Waals surface area contributed by atoms with Gasteiger partial charge in [-0.2, -0.15) is 5.10 Å². The number of nitrogens with one attached hydrogen (secondary N) is 1. The zero-order valence-electron chi connectivity index (χ0n) is 13.7. The van der Waals surface area contributed by atoms with Gasteiger partial charge < -0.3 is 10.1 Å². The molecule has 6 nitrogen and oxygen atoms in total. The summed E-state index contributed by atoms with van der Waals surface area (Å²) in [6.45, 7) is 5.04. The number of hydrogen-bond donors (Lipinski definition) is 1. The van der Waals surface area contributed by atoms with Crippen LogP contribution in [0.15, 0.2) is 48.3 Å². The molecule has 2 heterocycles. The molecule has 0 aliphatic carbocycles. The first-order valence-electron chi connectivity index (χ1n) is 7.50. The summed E-state index contributed by atoms with van der Waals surface area (Å²) in [5.41, 5.74) is 1.96. The molecule has 0 atom stereocenters. The van der Waals surface area contributed by atoms with E-state index >= 15 is 0 Å². The van der Waals surface area contributed by atoms with Crippen LogP contribution in [-0.4, -0.2) is 33.1 Å². The smallest absolute Gasteiger partial charge is 0.191 e. The maximum atomic E-state index is 5.18. The number of aromatic nitrogens is 4. The molecule has 2 aromatic heterocycles. The number of methoxy groups -OCH3 is 1. The van der Waals surface area contributed by atoms with E-state index < -0.39 is 0 Å². The molecule has 0 radical (unpaired) electrons. The van der Waals surface area contributed by atoms with Gasteiger partial charge in [-0.05, 0) is 24.0 Å². The van der Waals surface area contributed by atoms with Gasteiger partial charge in [0.15, 0.2) is 10.8 Å². The summed E-state index contributed by atoms with van der Waals surface area (Å²) in [7, 11) is 1.66. The number of ether oxygens (including phenoxy) is 1. The molecule has 24 heavy (non-hydrogen) atoms. The molecular formula is C17H19N5OS. The van der Waals surface area contributed by atoms with Crippen molar-refractivity contribution >= 4 is 28.6 Å². The number of nitrogens with zero attached hydrogens (tertiary/aromatic N) is 4. The van der Waals surface area contributed by atoms with Crippen molar-refractivity contribution in [1.82, 2.24) is 19.7 Å². The van der Waals surface area contributed by atoms with Gasteiger partial charge in [0.05, 0.1) is 25.2 Å². The number of allylic oxidation sites excluding steroid dienone is 1. The minimum Gasteiger partial charge on any atom is -0.497 e. The van der Waals surface area contributed by atoms with Gasteiger partial charge in [-0.3, -0.25) is 0 Å². The van der Waals surface area contributed by atoms with Crippen molar-refractivity contribution in [3.05, 3.63) is 48.7 Å². The van der Waals surface area contributed by atoms with Crippen molar-refractivity contribution in [2.24, 2.45) is 0 Å². The minimum absolute atomic E-state index is 0.617. The highest BCUT2D eigenvalue weighted by molar-refractivity contribution is 7.98. The van der Waals surface area contributed by atoms with Gasteiger partial charge in [0.1, 0.15) is 11.6 Å². The lowest BCUT2D eigenvalue weighted by molar-refractivity contribution is 0.414. The Balaban J connectivity index is 1.88. The molecule has 0 amide bonds. The van der Waals surface area contributed by atoms with Crippen LogP contribution >= 0.6 is 11.8 Å². The first kappa shape index (κ1) is 16.3. The zero-order valence-corrected chi connectivity index (χ0v) is 14.5. The molecule has 7 heteroatoms. The summed E-state index contributed by atoms with van der Waals surface area (Å²) < 4.78 is 7.00. The molecule has 0 spiro atoms. The second kappa shape index (κ2) is 7.35. The Morgan fingerprint density at radius 3 is 2.75 bits per heavy atom. The highest BCUT2D eigenvalue weighted by Gasteiger charge is 2.12. The summed E-state index contributed by atoms with van der Waals surface area (Å²) in [6.07, 6.45) is 5.56. The molecule has 124 valence electrons. The predicted octanol–water partition coefficient (Wildman–Crippen LogP) is 3.35. The Morgan fingerprint density at radius 2 is 2.08 bits per heavy atom. The fraction of sp³-hybridized carbons (Fsp3) is 0.235. The fourth-order valence-electron chi connectivity index (χ4n) is 2.35. The van der Waals surface area contributed by atoms with Crippen LogP contribution in [0, 0.1) is 0 Å². The molecule has 0 unspecified atom stereocenters. The van der Waals surface area contributed by atoms with E-state index in [1.54, 1.807) is 19.4 Å². The van der Waals surface area contributed by atoms with Crippen LogP contribution in [0.1, 0.15) is 5.56 Å². The number of anilines is 1. The number of hydrogen-bond acceptors (Lipinski definition) is 6. The largest absolute Gasteiger partial charge is 0.497 e. The fourth-order valence-corrected chi connectivity index (χ4v) is 2.71. The summed E-state index contributed by atoms with van der Waals surface area (Å²) >= 11 is 1.51. The number of benzene rings is 1. The van der Waals surface area contributed by atoms with Crippen LogP contribution in [0.5, 0.6) is 5.75 Å². The molecule has 0 aliphatic heterocycles. The van der Waals surface area contributed by atoms with Crippen LogP contribution in [0.3, 0.4) is 0 Å². The normalized spacial score (nSPS) is 10.8. The van der Waals surface area contributed by atoms with E-state index in [9.17, 15) is 0 Å². The van der Waals surface area contributed by atoms with E-state index in [1.807, 2.05) is 35.2 Å². The van der Waals surface area contributed by atoms with E-state index in [1.165, 1.54) is 11.8 Å². The molecule has 3 rings (SSSR count). The van der Waals surface area contributed by atoms with E-state index in [0.717, 1.165) is 28.2 Å². The van der Waals surface area contributed by atoms with Crippen LogP contribution < -0.4 is 10.1 Å². The maximum Gasteiger partial charge on any atom is 0.191 e. The minimum atomic E-state index is 0.617. The average Bonchev–Trinajstić information content (AvgIpc) is 3.03. The van der Waals surface area contributed by atoms with Crippen LogP contribution in [0.2, 0.25) is 0 Å². The first-order chi connectivity index (χ1) is 11.7. The Labute approximate surface area is 145 Å². The van der Waals surface area contributed by atoms with E-state index in [0.29, 0.717) is 18.2 Å². The summed E-state index contributed by atoms with van der Waals surface area (Å²) in [5, 5.41) is 9.38. The van der Waals surface area contributed by atoms with Crippen LogP contribution in [0.25, 0.3) is 11.0 Å². The van der Waals surface area contributed by atoms with Gasteiger partial charge in [0, 0.05) is 6.54 Å². The highest BCUT2D eigenvalue weighted by Crippen LogP contribution is 2.24. The Morgan fingerprint density at radius 1 is 1.29 bits per heavy atom. The van der Waals surface area contributed by atoms with Crippen molar-refractivity contribution in [3.63, 3.8) is 0 Å².